The van der Waals surface area contributed by atoms with E-state index in [2.05, 4.69) is 15.2 Å². The van der Waals surface area contributed by atoms with Crippen LogP contribution in [0.5, 0.6) is 0 Å². The lowest BCUT2D eigenvalue weighted by Gasteiger charge is -2.41. The second kappa shape index (κ2) is 11.3. The van der Waals surface area contributed by atoms with E-state index in [1.807, 2.05) is 6.07 Å². The molecule has 1 aliphatic rings. The molecule has 4 heterocycles. The van der Waals surface area contributed by atoms with Gasteiger partial charge in [0.25, 0.3) is 5.91 Å². The molecule has 5 rings (SSSR count). The Labute approximate surface area is 244 Å². The van der Waals surface area contributed by atoms with Crippen LogP contribution in [0.25, 0.3) is 16.9 Å². The molecule has 1 fully saturated rings. The molecule has 10 nitrogen and oxygen atoms in total. The van der Waals surface area contributed by atoms with Crippen LogP contribution in [0, 0.1) is 11.3 Å². The summed E-state index contributed by atoms with van der Waals surface area (Å²) in [5.41, 5.74) is 6.88. The molecule has 43 heavy (non-hydrogen) atoms. The van der Waals surface area contributed by atoms with Gasteiger partial charge in [-0.25, -0.2) is 8.91 Å². The van der Waals surface area contributed by atoms with Crippen molar-refractivity contribution in [3.05, 3.63) is 65.7 Å². The number of alkyl halides is 4. The van der Waals surface area contributed by atoms with E-state index in [9.17, 15) is 28.3 Å². The maximum atomic E-state index is 15.5. The number of fused-ring (bicyclic) bond motifs is 1. The Hall–Kier alpha value is -4.51. The number of halogens is 4. The van der Waals surface area contributed by atoms with Gasteiger partial charge in [0.15, 0.2) is 0 Å². The van der Waals surface area contributed by atoms with Gasteiger partial charge in [-0.05, 0) is 75.3 Å². The Kier molecular flexibility index (Phi) is 7.87. The lowest BCUT2D eigenvalue weighted by molar-refractivity contribution is -0.212. The summed E-state index contributed by atoms with van der Waals surface area (Å²) in [6.45, 7) is 2.44. The number of nitrogens with two attached hydrogens (primary N) is 1. The van der Waals surface area contributed by atoms with Crippen molar-refractivity contribution in [3.63, 3.8) is 0 Å². The fraction of sp³-hybridized carbons (Fsp3) is 0.414. The van der Waals surface area contributed by atoms with E-state index >= 15 is 4.39 Å². The van der Waals surface area contributed by atoms with Crippen LogP contribution in [0.4, 0.5) is 23.2 Å². The summed E-state index contributed by atoms with van der Waals surface area (Å²) in [5, 5.41) is 27.4. The highest BCUT2D eigenvalue weighted by Crippen LogP contribution is 2.39. The van der Waals surface area contributed by atoms with Gasteiger partial charge in [0.1, 0.15) is 12.2 Å². The van der Waals surface area contributed by atoms with Crippen molar-refractivity contribution < 1.29 is 27.5 Å². The fourth-order valence-corrected chi connectivity index (χ4v) is 5.51. The molecule has 4 aromatic rings. The number of carbonyl (C=O) groups is 1. The first kappa shape index (κ1) is 30.0. The van der Waals surface area contributed by atoms with E-state index in [1.165, 1.54) is 32.4 Å². The molecule has 0 unspecified atom stereocenters. The number of hydrogen-bond acceptors (Lipinski definition) is 7. The third-order valence-corrected chi connectivity index (χ3v) is 7.94. The van der Waals surface area contributed by atoms with E-state index < -0.39 is 24.0 Å². The molecule has 0 radical (unpaired) electrons. The summed E-state index contributed by atoms with van der Waals surface area (Å²) in [4.78, 5) is 18.7. The minimum absolute atomic E-state index is 0.0172. The summed E-state index contributed by atoms with van der Waals surface area (Å²) >= 11 is 0. The molecule has 1 atom stereocenters. The van der Waals surface area contributed by atoms with Gasteiger partial charge in [0.2, 0.25) is 0 Å². The van der Waals surface area contributed by atoms with E-state index in [4.69, 9.17) is 5.73 Å². The molecular weight excluding hydrogens is 568 g/mol. The first-order valence-corrected chi connectivity index (χ1v) is 13.7. The lowest BCUT2D eigenvalue weighted by Crippen LogP contribution is -2.48. The SMILES string of the molecule is CC(C)(O)[C@H](F)CN(c1cc(-c2ccc3cc(C#N)cnn23)ncc1C(N)=O)C1CCC(c2cnn(C(F)(F)F)c2)CC1. The van der Waals surface area contributed by atoms with E-state index in [1.54, 1.807) is 33.7 Å². The highest BCUT2D eigenvalue weighted by atomic mass is 19.4. The zero-order chi connectivity index (χ0) is 31.1. The van der Waals surface area contributed by atoms with Crippen LogP contribution >= 0.6 is 0 Å². The molecule has 0 aromatic carbocycles. The third kappa shape index (κ3) is 6.17. The topological polar surface area (TPSA) is 138 Å². The van der Waals surface area contributed by atoms with Gasteiger partial charge in [-0.1, -0.05) is 0 Å². The van der Waals surface area contributed by atoms with Crippen molar-refractivity contribution in [1.82, 2.24) is 24.4 Å². The van der Waals surface area contributed by atoms with Crippen molar-refractivity contribution >= 4 is 17.1 Å². The minimum atomic E-state index is -4.61. The zero-order valence-electron chi connectivity index (χ0n) is 23.5. The number of hydrogen-bond donors (Lipinski definition) is 2. The van der Waals surface area contributed by atoms with Crippen molar-refractivity contribution in [2.45, 2.75) is 69.6 Å². The molecule has 4 aromatic heterocycles. The molecule has 1 aliphatic carbocycles. The molecule has 1 saturated carbocycles. The van der Waals surface area contributed by atoms with Crippen molar-refractivity contribution in [2.75, 3.05) is 11.4 Å². The van der Waals surface area contributed by atoms with Crippen LogP contribution in [-0.4, -0.2) is 59.8 Å². The summed E-state index contributed by atoms with van der Waals surface area (Å²) in [6.07, 6.45) is 0.571. The van der Waals surface area contributed by atoms with Crippen molar-refractivity contribution in [3.8, 4) is 17.5 Å². The number of aliphatic hydroxyl groups is 1. The quantitative estimate of drug-likeness (QED) is 0.281. The third-order valence-electron chi connectivity index (χ3n) is 7.94. The van der Waals surface area contributed by atoms with Crippen LogP contribution in [0.3, 0.4) is 0 Å². The van der Waals surface area contributed by atoms with Crippen LogP contribution in [-0.2, 0) is 6.30 Å². The maximum absolute atomic E-state index is 15.5. The number of pyridine rings is 1. The Balaban J connectivity index is 1.50. The van der Waals surface area contributed by atoms with Crippen LogP contribution < -0.4 is 10.6 Å². The first-order valence-electron chi connectivity index (χ1n) is 13.7. The second-order valence-corrected chi connectivity index (χ2v) is 11.3. The van der Waals surface area contributed by atoms with E-state index in [0.717, 1.165) is 6.20 Å². The highest BCUT2D eigenvalue weighted by molar-refractivity contribution is 5.99. The Morgan fingerprint density at radius 3 is 2.49 bits per heavy atom. The molecule has 226 valence electrons. The molecule has 3 N–H and O–H groups in total. The largest absolute Gasteiger partial charge is 0.504 e. The average molecular weight is 599 g/mol. The average Bonchev–Trinajstić information content (AvgIpc) is 3.63. The normalized spacial score (nSPS) is 18.4. The van der Waals surface area contributed by atoms with Crippen LogP contribution in [0.1, 0.15) is 66.9 Å². The summed E-state index contributed by atoms with van der Waals surface area (Å²) in [6, 6.07) is 8.53. The maximum Gasteiger partial charge on any atom is 0.504 e. The first-order chi connectivity index (χ1) is 20.3. The number of primary amides is 1. The Morgan fingerprint density at radius 2 is 1.88 bits per heavy atom. The van der Waals surface area contributed by atoms with Gasteiger partial charge in [-0.2, -0.15) is 20.1 Å². The van der Waals surface area contributed by atoms with Gasteiger partial charge >= 0.3 is 6.30 Å². The number of rotatable bonds is 8. The summed E-state index contributed by atoms with van der Waals surface area (Å²) < 4.78 is 56.3. The second-order valence-electron chi connectivity index (χ2n) is 11.3. The van der Waals surface area contributed by atoms with Crippen molar-refractivity contribution in [2.24, 2.45) is 5.73 Å². The lowest BCUT2D eigenvalue weighted by atomic mass is 9.82. The number of carbonyl (C=O) groups excluding carboxylic acids is 1. The number of nitrogens with zero attached hydrogens (tertiary/aromatic N) is 7. The van der Waals surface area contributed by atoms with Gasteiger partial charge in [0.05, 0.1) is 58.3 Å². The number of nitriles is 1. The van der Waals surface area contributed by atoms with Gasteiger partial charge in [0, 0.05) is 18.4 Å². The van der Waals surface area contributed by atoms with Crippen LogP contribution in [0.15, 0.2) is 49.1 Å². The highest BCUT2D eigenvalue weighted by Gasteiger charge is 2.36. The Bertz CT molecular complexity index is 1680. The number of aromatic nitrogens is 5. The summed E-state index contributed by atoms with van der Waals surface area (Å²) in [5.74, 6) is -0.951. The van der Waals surface area contributed by atoms with E-state index in [-0.39, 0.29) is 28.7 Å². The molecule has 1 amide bonds. The number of amides is 1. The van der Waals surface area contributed by atoms with Gasteiger partial charge in [-0.3, -0.25) is 9.78 Å². The molecule has 0 bridgehead atoms. The van der Waals surface area contributed by atoms with Crippen molar-refractivity contribution in [1.29, 1.82) is 5.26 Å². The zero-order valence-corrected chi connectivity index (χ0v) is 23.5. The molecule has 14 heteroatoms. The standard InChI is InChI=1S/C29H30F4N8O2/c1-28(2,43)26(30)16-39(20-5-3-18(4-6-20)19-13-37-40(15-19)29(31,32)33)25-10-23(36-14-22(25)27(35)42)24-8-7-21-9-17(11-34)12-38-41(21)24/h7-10,12-15,18,20,26,43H,3-6,16H2,1-2H3,(H2,35,42)/t18?,20?,26-/m1/s1. The molecule has 0 spiro atoms. The summed E-state index contributed by atoms with van der Waals surface area (Å²) in [7, 11) is 0. The fourth-order valence-electron chi connectivity index (χ4n) is 5.51. The van der Waals surface area contributed by atoms with Crippen LogP contribution in [0.2, 0.25) is 0 Å². The predicted octanol–water partition coefficient (Wildman–Crippen LogP) is 4.68. The smallest absolute Gasteiger partial charge is 0.387 e. The van der Waals surface area contributed by atoms with Gasteiger partial charge in [-0.15, -0.1) is 13.2 Å². The molecular formula is C29H30F4N8O2. The molecule has 0 aliphatic heterocycles. The number of anilines is 1. The van der Waals surface area contributed by atoms with E-state index in [0.29, 0.717) is 59.4 Å². The Morgan fingerprint density at radius 1 is 1.16 bits per heavy atom. The predicted molar refractivity (Wildman–Crippen MR) is 149 cm³/mol. The monoisotopic (exact) mass is 598 g/mol. The minimum Gasteiger partial charge on any atom is -0.387 e. The van der Waals surface area contributed by atoms with Gasteiger partial charge < -0.3 is 15.7 Å². The molecule has 0 saturated heterocycles.